The number of halogens is 1. The van der Waals surface area contributed by atoms with Crippen LogP contribution in [0, 0.1) is 12.3 Å². The van der Waals surface area contributed by atoms with Gasteiger partial charge in [-0.3, -0.25) is 14.2 Å². The predicted molar refractivity (Wildman–Crippen MR) is 165 cm³/mol. The molecular formula is C34H37ClN2O5. The molecule has 8 heteroatoms. The highest BCUT2D eigenvalue weighted by molar-refractivity contribution is 6.30. The summed E-state index contributed by atoms with van der Waals surface area (Å²) in [5, 5.41) is 4.16. The van der Waals surface area contributed by atoms with E-state index in [-0.39, 0.29) is 30.3 Å². The van der Waals surface area contributed by atoms with Crippen LogP contribution in [-0.2, 0) is 27.2 Å². The van der Waals surface area contributed by atoms with Gasteiger partial charge in [0.1, 0.15) is 11.8 Å². The van der Waals surface area contributed by atoms with E-state index in [4.69, 9.17) is 21.1 Å². The molecule has 0 spiro atoms. The van der Waals surface area contributed by atoms with Gasteiger partial charge in [0.05, 0.1) is 25.7 Å². The Labute approximate surface area is 251 Å². The number of esters is 1. The minimum absolute atomic E-state index is 0.00863. The summed E-state index contributed by atoms with van der Waals surface area (Å²) < 4.78 is 12.6. The first-order valence-electron chi connectivity index (χ1n) is 13.9. The fourth-order valence-electron chi connectivity index (χ4n) is 4.80. The normalized spacial score (nSPS) is 12.1. The van der Waals surface area contributed by atoms with Gasteiger partial charge in [-0.25, -0.2) is 4.79 Å². The molecule has 4 rings (SSSR count). The van der Waals surface area contributed by atoms with E-state index in [1.54, 1.807) is 48.1 Å². The third-order valence-corrected chi connectivity index (χ3v) is 7.42. The van der Waals surface area contributed by atoms with Crippen molar-refractivity contribution in [3.8, 4) is 5.75 Å². The lowest BCUT2D eigenvalue weighted by atomic mass is 9.93. The molecule has 3 aromatic carbocycles. The first-order valence-corrected chi connectivity index (χ1v) is 14.3. The molecule has 0 fully saturated rings. The number of nitrogens with zero attached hydrogens (tertiary/aromatic N) is 1. The monoisotopic (exact) mass is 588 g/mol. The van der Waals surface area contributed by atoms with Gasteiger partial charge in [0.2, 0.25) is 5.91 Å². The number of aromatic nitrogens is 1. The van der Waals surface area contributed by atoms with Gasteiger partial charge in [0, 0.05) is 28.1 Å². The molecule has 4 aromatic rings. The number of hydrogen-bond donors (Lipinski definition) is 1. The van der Waals surface area contributed by atoms with E-state index in [1.165, 1.54) is 0 Å². The van der Waals surface area contributed by atoms with Gasteiger partial charge >= 0.3 is 5.97 Å². The van der Waals surface area contributed by atoms with E-state index in [0.717, 1.165) is 10.9 Å². The lowest BCUT2D eigenvalue weighted by Crippen LogP contribution is -2.44. The molecule has 7 nitrogen and oxygen atoms in total. The van der Waals surface area contributed by atoms with Crippen molar-refractivity contribution in [2.24, 2.45) is 5.41 Å². The molecule has 42 heavy (non-hydrogen) atoms. The molecular weight excluding hydrogens is 552 g/mol. The maximum Gasteiger partial charge on any atom is 0.328 e. The van der Waals surface area contributed by atoms with Crippen molar-refractivity contribution >= 4 is 40.3 Å². The molecule has 1 aromatic heterocycles. The van der Waals surface area contributed by atoms with Gasteiger partial charge in [-0.15, -0.1) is 0 Å². The topological polar surface area (TPSA) is 86.6 Å². The SMILES string of the molecule is COc1ccc2c(c1)c(CC(=O)N[C@@H](Cc1ccccc1)C(=O)OCCC(C)(C)C)c(C)n2C(=O)c1ccc(Cl)cc1. The number of amides is 1. The molecule has 0 aliphatic rings. The molecule has 0 bridgehead atoms. The van der Waals surface area contributed by atoms with Crippen molar-refractivity contribution < 1.29 is 23.9 Å². The maximum atomic E-state index is 13.6. The minimum Gasteiger partial charge on any atom is -0.497 e. The highest BCUT2D eigenvalue weighted by atomic mass is 35.5. The molecule has 1 heterocycles. The molecule has 1 atom stereocenters. The zero-order valence-corrected chi connectivity index (χ0v) is 25.5. The van der Waals surface area contributed by atoms with Crippen molar-refractivity contribution in [3.05, 3.63) is 100 Å². The lowest BCUT2D eigenvalue weighted by Gasteiger charge is -2.21. The van der Waals surface area contributed by atoms with Crippen molar-refractivity contribution in [3.63, 3.8) is 0 Å². The first kappa shape index (κ1) is 30.8. The molecule has 1 amide bonds. The van der Waals surface area contributed by atoms with Crippen LogP contribution in [0.2, 0.25) is 5.02 Å². The zero-order chi connectivity index (χ0) is 30.4. The molecule has 0 radical (unpaired) electrons. The Morgan fingerprint density at radius 3 is 2.31 bits per heavy atom. The van der Waals surface area contributed by atoms with Crippen molar-refractivity contribution in [1.82, 2.24) is 9.88 Å². The van der Waals surface area contributed by atoms with Crippen molar-refractivity contribution in [1.29, 1.82) is 0 Å². The van der Waals surface area contributed by atoms with Crippen LogP contribution in [0.5, 0.6) is 5.75 Å². The molecule has 1 N–H and O–H groups in total. The molecule has 220 valence electrons. The highest BCUT2D eigenvalue weighted by Crippen LogP contribution is 2.31. The first-order chi connectivity index (χ1) is 20.0. The Bertz CT molecular complexity index is 1570. The standard InChI is InChI=1S/C34H37ClN2O5/c1-22-27(28-20-26(41-5)15-16-30(28)37(22)32(39)24-11-13-25(35)14-12-24)21-31(38)36-29(19-23-9-7-6-8-10-23)33(40)42-18-17-34(2,3)4/h6-16,20,29H,17-19,21H2,1-5H3,(H,36,38)/t29-/m0/s1. The number of rotatable bonds is 10. The third-order valence-electron chi connectivity index (χ3n) is 7.17. The summed E-state index contributed by atoms with van der Waals surface area (Å²) in [5.74, 6) is -0.470. The van der Waals surface area contributed by atoms with E-state index >= 15 is 0 Å². The molecule has 0 saturated heterocycles. The Kier molecular flexibility index (Phi) is 9.74. The summed E-state index contributed by atoms with van der Waals surface area (Å²) >= 11 is 6.04. The van der Waals surface area contributed by atoms with Crippen LogP contribution in [0.25, 0.3) is 10.9 Å². The number of methoxy groups -OCH3 is 1. The van der Waals surface area contributed by atoms with Crippen LogP contribution in [0.1, 0.15) is 54.4 Å². The zero-order valence-electron chi connectivity index (χ0n) is 24.7. The number of fused-ring (bicyclic) bond motifs is 1. The summed E-state index contributed by atoms with van der Waals surface area (Å²) in [5.41, 5.74) is 3.32. The summed E-state index contributed by atoms with van der Waals surface area (Å²) in [6.45, 7) is 8.31. The number of carbonyl (C=O) groups is 3. The molecule has 0 unspecified atom stereocenters. The second kappa shape index (κ2) is 13.3. The Morgan fingerprint density at radius 2 is 1.67 bits per heavy atom. The van der Waals surface area contributed by atoms with Gasteiger partial charge in [0.15, 0.2) is 0 Å². The smallest absolute Gasteiger partial charge is 0.328 e. The van der Waals surface area contributed by atoms with Crippen LogP contribution in [0.3, 0.4) is 0 Å². The summed E-state index contributed by atoms with van der Waals surface area (Å²) in [6, 6.07) is 20.7. The summed E-state index contributed by atoms with van der Waals surface area (Å²) in [4.78, 5) is 40.3. The van der Waals surface area contributed by atoms with Crippen LogP contribution in [0.4, 0.5) is 0 Å². The van der Waals surface area contributed by atoms with Crippen LogP contribution >= 0.6 is 11.6 Å². The quantitative estimate of drug-likeness (QED) is 0.212. The number of carbonyl (C=O) groups excluding carboxylic acids is 3. The number of ether oxygens (including phenoxy) is 2. The van der Waals surface area contributed by atoms with Crippen LogP contribution < -0.4 is 10.1 Å². The number of hydrogen-bond acceptors (Lipinski definition) is 5. The Hall–Kier alpha value is -4.10. The Morgan fingerprint density at radius 1 is 0.976 bits per heavy atom. The fraction of sp³-hybridized carbons (Fsp3) is 0.324. The van der Waals surface area contributed by atoms with Gasteiger partial charge < -0.3 is 14.8 Å². The van der Waals surface area contributed by atoms with E-state index in [1.807, 2.05) is 43.3 Å². The van der Waals surface area contributed by atoms with Crippen LogP contribution in [-0.4, -0.2) is 42.1 Å². The average molecular weight is 589 g/mol. The molecule has 0 saturated carbocycles. The van der Waals surface area contributed by atoms with Gasteiger partial charge in [0.25, 0.3) is 5.91 Å². The number of nitrogens with one attached hydrogen (secondary N) is 1. The second-order valence-corrected chi connectivity index (χ2v) is 12.0. The maximum absolute atomic E-state index is 13.6. The predicted octanol–water partition coefficient (Wildman–Crippen LogP) is 6.55. The van der Waals surface area contributed by atoms with E-state index in [0.29, 0.717) is 46.0 Å². The molecule has 0 aliphatic heterocycles. The minimum atomic E-state index is -0.862. The van der Waals surface area contributed by atoms with Gasteiger partial charge in [-0.2, -0.15) is 0 Å². The summed E-state index contributed by atoms with van der Waals surface area (Å²) in [7, 11) is 1.57. The Balaban J connectivity index is 1.63. The summed E-state index contributed by atoms with van der Waals surface area (Å²) in [6.07, 6.45) is 0.953. The van der Waals surface area contributed by atoms with Crippen molar-refractivity contribution in [2.75, 3.05) is 13.7 Å². The van der Waals surface area contributed by atoms with Crippen LogP contribution in [0.15, 0.2) is 72.8 Å². The molecule has 0 aliphatic carbocycles. The van der Waals surface area contributed by atoms with E-state index < -0.39 is 12.0 Å². The van der Waals surface area contributed by atoms with E-state index in [9.17, 15) is 14.4 Å². The second-order valence-electron chi connectivity index (χ2n) is 11.6. The fourth-order valence-corrected chi connectivity index (χ4v) is 4.93. The van der Waals surface area contributed by atoms with E-state index in [2.05, 4.69) is 26.1 Å². The van der Waals surface area contributed by atoms with Gasteiger partial charge in [-0.1, -0.05) is 62.7 Å². The van der Waals surface area contributed by atoms with Crippen molar-refractivity contribution in [2.45, 2.75) is 53.0 Å². The average Bonchev–Trinajstić information content (AvgIpc) is 3.22. The highest BCUT2D eigenvalue weighted by Gasteiger charge is 2.26. The largest absolute Gasteiger partial charge is 0.497 e. The van der Waals surface area contributed by atoms with Gasteiger partial charge in [-0.05, 0) is 72.4 Å². The number of benzene rings is 3. The third kappa shape index (κ3) is 7.59. The lowest BCUT2D eigenvalue weighted by molar-refractivity contribution is -0.148.